The average molecular weight is 275 g/mol. The van der Waals surface area contributed by atoms with Gasteiger partial charge in [-0.2, -0.15) is 0 Å². The van der Waals surface area contributed by atoms with Crippen molar-refractivity contribution in [3.63, 3.8) is 0 Å². The summed E-state index contributed by atoms with van der Waals surface area (Å²) in [4.78, 5) is 6.75. The minimum atomic E-state index is 0.638. The first kappa shape index (κ1) is 14.9. The Balaban J connectivity index is 1.94. The first-order valence-electron chi connectivity index (χ1n) is 7.41. The summed E-state index contributed by atoms with van der Waals surface area (Å²) < 4.78 is 5.15. The van der Waals surface area contributed by atoms with Gasteiger partial charge in [0.15, 0.2) is 5.96 Å². The Kier molecular flexibility index (Phi) is 5.87. The highest BCUT2D eigenvalue weighted by Gasteiger charge is 2.10. The van der Waals surface area contributed by atoms with Crippen molar-refractivity contribution < 1.29 is 4.74 Å². The topological polar surface area (TPSA) is 50.9 Å². The Bertz CT molecular complexity index is 437. The fraction of sp³-hybridized carbons (Fsp3) is 0.562. The summed E-state index contributed by atoms with van der Waals surface area (Å²) >= 11 is 0. The van der Waals surface area contributed by atoms with Gasteiger partial charge in [-0.3, -0.25) is 0 Å². The van der Waals surface area contributed by atoms with E-state index in [0.717, 1.165) is 13.1 Å². The van der Waals surface area contributed by atoms with Crippen molar-refractivity contribution in [1.29, 1.82) is 0 Å². The number of rotatable bonds is 4. The molecule has 20 heavy (non-hydrogen) atoms. The third-order valence-electron chi connectivity index (χ3n) is 3.66. The first-order chi connectivity index (χ1) is 9.79. The van der Waals surface area contributed by atoms with E-state index in [1.54, 1.807) is 7.11 Å². The van der Waals surface area contributed by atoms with Gasteiger partial charge in [-0.15, -0.1) is 0 Å². The van der Waals surface area contributed by atoms with E-state index in [0.29, 0.717) is 19.1 Å². The quantitative estimate of drug-likeness (QED) is 0.678. The van der Waals surface area contributed by atoms with E-state index in [1.165, 1.54) is 36.8 Å². The molecule has 0 aromatic heterocycles. The highest BCUT2D eigenvalue weighted by molar-refractivity contribution is 5.78. The number of ether oxygens (including phenoxy) is 1. The minimum Gasteiger partial charge on any atom is -0.380 e. The third kappa shape index (κ3) is 4.53. The highest BCUT2D eigenvalue weighted by Crippen LogP contribution is 2.11. The molecule has 1 aromatic rings. The molecule has 0 bridgehead atoms. The largest absolute Gasteiger partial charge is 0.380 e. The molecule has 1 aliphatic rings. The number of benzene rings is 1. The molecular weight excluding hydrogens is 250 g/mol. The first-order valence-corrected chi connectivity index (χ1v) is 7.41. The van der Waals surface area contributed by atoms with Crippen molar-refractivity contribution in [2.75, 3.05) is 20.2 Å². The van der Waals surface area contributed by atoms with Gasteiger partial charge < -0.3 is 15.4 Å². The van der Waals surface area contributed by atoms with Crippen molar-refractivity contribution in [1.82, 2.24) is 4.90 Å². The van der Waals surface area contributed by atoms with E-state index in [-0.39, 0.29) is 0 Å². The maximum Gasteiger partial charge on any atom is 0.191 e. The minimum absolute atomic E-state index is 0.638. The lowest BCUT2D eigenvalue weighted by Crippen LogP contribution is -2.38. The maximum atomic E-state index is 6.11. The molecule has 1 aromatic carbocycles. The molecular formula is C16H25N3O. The molecule has 2 N–H and O–H groups in total. The number of nitrogens with zero attached hydrogens (tertiary/aromatic N) is 2. The Morgan fingerprint density at radius 2 is 1.90 bits per heavy atom. The van der Waals surface area contributed by atoms with Crippen molar-refractivity contribution in [2.45, 2.75) is 38.8 Å². The standard InChI is InChI=1S/C16H25N3O/c1-20-13-15-8-6-7-14(11-15)12-18-16(17)19-9-4-2-3-5-10-19/h6-8,11H,2-5,9-10,12-13H2,1H3,(H2,17,18). The van der Waals surface area contributed by atoms with Gasteiger partial charge in [0, 0.05) is 20.2 Å². The second-order valence-electron chi connectivity index (χ2n) is 5.33. The monoisotopic (exact) mass is 275 g/mol. The van der Waals surface area contributed by atoms with Crippen LogP contribution < -0.4 is 5.73 Å². The number of hydrogen-bond acceptors (Lipinski definition) is 2. The number of methoxy groups -OCH3 is 1. The molecule has 1 aliphatic heterocycles. The number of guanidine groups is 1. The van der Waals surface area contributed by atoms with Crippen molar-refractivity contribution >= 4 is 5.96 Å². The van der Waals surface area contributed by atoms with Crippen LogP contribution in [0, 0.1) is 0 Å². The van der Waals surface area contributed by atoms with E-state index in [9.17, 15) is 0 Å². The fourth-order valence-corrected chi connectivity index (χ4v) is 2.56. The van der Waals surface area contributed by atoms with E-state index in [2.05, 4.69) is 28.1 Å². The van der Waals surface area contributed by atoms with Crippen LogP contribution in [-0.2, 0) is 17.9 Å². The molecule has 0 aliphatic carbocycles. The second kappa shape index (κ2) is 7.90. The van der Waals surface area contributed by atoms with Crippen LogP contribution >= 0.6 is 0 Å². The van der Waals surface area contributed by atoms with E-state index >= 15 is 0 Å². The molecule has 0 unspecified atom stereocenters. The number of hydrogen-bond donors (Lipinski definition) is 1. The van der Waals surface area contributed by atoms with Crippen LogP contribution in [0.2, 0.25) is 0 Å². The van der Waals surface area contributed by atoms with Crippen LogP contribution in [0.5, 0.6) is 0 Å². The molecule has 0 saturated carbocycles. The molecule has 1 saturated heterocycles. The van der Waals surface area contributed by atoms with Crippen molar-refractivity contribution in [2.24, 2.45) is 10.7 Å². The van der Waals surface area contributed by atoms with Gasteiger partial charge >= 0.3 is 0 Å². The van der Waals surface area contributed by atoms with Gasteiger partial charge in [0.25, 0.3) is 0 Å². The summed E-state index contributed by atoms with van der Waals surface area (Å²) in [5.41, 5.74) is 8.47. The third-order valence-corrected chi connectivity index (χ3v) is 3.66. The van der Waals surface area contributed by atoms with Crippen LogP contribution in [0.25, 0.3) is 0 Å². The molecule has 1 heterocycles. The lowest BCUT2D eigenvalue weighted by molar-refractivity contribution is 0.185. The lowest BCUT2D eigenvalue weighted by Gasteiger charge is -2.21. The summed E-state index contributed by atoms with van der Waals surface area (Å²) in [5.74, 6) is 0.684. The number of likely N-dealkylation sites (tertiary alicyclic amines) is 1. The lowest BCUT2D eigenvalue weighted by atomic mass is 10.1. The zero-order chi connectivity index (χ0) is 14.2. The van der Waals surface area contributed by atoms with Gasteiger partial charge in [-0.25, -0.2) is 4.99 Å². The van der Waals surface area contributed by atoms with Gasteiger partial charge in [-0.05, 0) is 24.0 Å². The number of aliphatic imine (C=N–C) groups is 1. The molecule has 4 nitrogen and oxygen atoms in total. The van der Waals surface area contributed by atoms with Crippen LogP contribution in [-0.4, -0.2) is 31.1 Å². The summed E-state index contributed by atoms with van der Waals surface area (Å²) in [6, 6.07) is 8.32. The highest BCUT2D eigenvalue weighted by atomic mass is 16.5. The van der Waals surface area contributed by atoms with Crippen molar-refractivity contribution in [3.8, 4) is 0 Å². The Morgan fingerprint density at radius 1 is 1.20 bits per heavy atom. The summed E-state index contributed by atoms with van der Waals surface area (Å²) in [6.45, 7) is 3.36. The average Bonchev–Trinajstić information content (AvgIpc) is 2.75. The summed E-state index contributed by atoms with van der Waals surface area (Å²) in [7, 11) is 1.71. The van der Waals surface area contributed by atoms with Crippen LogP contribution in [0.1, 0.15) is 36.8 Å². The predicted octanol–water partition coefficient (Wildman–Crippen LogP) is 2.52. The van der Waals surface area contributed by atoms with Crippen LogP contribution in [0.4, 0.5) is 0 Å². The van der Waals surface area contributed by atoms with Gasteiger partial charge in [0.05, 0.1) is 13.2 Å². The van der Waals surface area contributed by atoms with E-state index in [4.69, 9.17) is 10.5 Å². The zero-order valence-electron chi connectivity index (χ0n) is 12.3. The summed E-state index contributed by atoms with van der Waals surface area (Å²) in [5, 5.41) is 0. The van der Waals surface area contributed by atoms with Crippen LogP contribution in [0.3, 0.4) is 0 Å². The van der Waals surface area contributed by atoms with Crippen molar-refractivity contribution in [3.05, 3.63) is 35.4 Å². The predicted molar refractivity (Wildman–Crippen MR) is 82.5 cm³/mol. The summed E-state index contributed by atoms with van der Waals surface area (Å²) in [6.07, 6.45) is 5.06. The molecule has 1 fully saturated rings. The fourth-order valence-electron chi connectivity index (χ4n) is 2.56. The normalized spacial score (nSPS) is 17.1. The molecule has 110 valence electrons. The molecule has 2 rings (SSSR count). The molecule has 4 heteroatoms. The Labute approximate surface area is 121 Å². The smallest absolute Gasteiger partial charge is 0.191 e. The molecule has 0 radical (unpaired) electrons. The van der Waals surface area contributed by atoms with Gasteiger partial charge in [-0.1, -0.05) is 37.1 Å². The Hall–Kier alpha value is -1.55. The Morgan fingerprint density at radius 3 is 2.60 bits per heavy atom. The molecule has 0 spiro atoms. The zero-order valence-corrected chi connectivity index (χ0v) is 12.3. The number of nitrogens with two attached hydrogens (primary N) is 1. The van der Waals surface area contributed by atoms with Crippen LogP contribution in [0.15, 0.2) is 29.3 Å². The van der Waals surface area contributed by atoms with Gasteiger partial charge in [0.2, 0.25) is 0 Å². The maximum absolute atomic E-state index is 6.11. The van der Waals surface area contributed by atoms with E-state index in [1.807, 2.05) is 6.07 Å². The SMILES string of the molecule is COCc1cccc(CN=C(N)N2CCCCCC2)c1. The van der Waals surface area contributed by atoms with E-state index < -0.39 is 0 Å². The van der Waals surface area contributed by atoms with Gasteiger partial charge in [0.1, 0.15) is 0 Å². The molecule has 0 amide bonds. The second-order valence-corrected chi connectivity index (χ2v) is 5.33. The molecule has 0 atom stereocenters.